The number of ether oxygens (including phenoxy) is 1. The number of carbonyl (C=O) groups excluding carboxylic acids is 2. The summed E-state index contributed by atoms with van der Waals surface area (Å²) in [6.07, 6.45) is 0.392. The van der Waals surface area contributed by atoms with Crippen LogP contribution in [-0.2, 0) is 14.3 Å². The van der Waals surface area contributed by atoms with Gasteiger partial charge in [0.05, 0.1) is 7.11 Å². The van der Waals surface area contributed by atoms with Crippen LogP contribution < -0.4 is 0 Å². The summed E-state index contributed by atoms with van der Waals surface area (Å²) in [6, 6.07) is 10.3. The minimum absolute atomic E-state index is 0.0270. The second-order valence-corrected chi connectivity index (χ2v) is 5.55. The van der Waals surface area contributed by atoms with Crippen LogP contribution in [0.3, 0.4) is 0 Å². The average Bonchev–Trinajstić information content (AvgIpc) is 2.49. The third-order valence-corrected chi connectivity index (χ3v) is 4.23. The molecule has 4 heteroatoms. The Morgan fingerprint density at radius 2 is 2.00 bits per heavy atom. The van der Waals surface area contributed by atoms with E-state index in [1.54, 1.807) is 6.92 Å². The molecule has 0 bridgehead atoms. The van der Waals surface area contributed by atoms with E-state index in [2.05, 4.69) is 24.0 Å². The van der Waals surface area contributed by atoms with Gasteiger partial charge in [-0.15, -0.1) is 0 Å². The summed E-state index contributed by atoms with van der Waals surface area (Å²) in [5.41, 5.74) is 0.143. The summed E-state index contributed by atoms with van der Waals surface area (Å²) in [5, 5.41) is 0. The maximum atomic E-state index is 12.1. The lowest BCUT2D eigenvalue weighted by molar-refractivity contribution is -0.161. The number of ketones is 1. The van der Waals surface area contributed by atoms with Crippen molar-refractivity contribution >= 4 is 11.8 Å². The molecule has 1 heterocycles. The molecular weight excluding hydrogens is 254 g/mol. The molecule has 0 amide bonds. The molecule has 4 nitrogen and oxygen atoms in total. The molecule has 0 N–H and O–H groups in total. The molecule has 1 aromatic rings. The number of carbonyl (C=O) groups is 2. The van der Waals surface area contributed by atoms with Crippen LogP contribution in [0.1, 0.15) is 31.9 Å². The summed E-state index contributed by atoms with van der Waals surface area (Å²) in [4.78, 5) is 26.2. The summed E-state index contributed by atoms with van der Waals surface area (Å²) >= 11 is 0. The van der Waals surface area contributed by atoms with E-state index in [9.17, 15) is 9.59 Å². The van der Waals surface area contributed by atoms with Gasteiger partial charge in [-0.1, -0.05) is 30.3 Å². The number of Topliss-reactive ketones (excluding diaryl/α,β-unsaturated/α-hetero) is 1. The fourth-order valence-corrected chi connectivity index (χ4v) is 2.77. The van der Waals surface area contributed by atoms with E-state index >= 15 is 0 Å². The SMILES string of the molecule is COC(=O)C1(C)CN(C(C)c2ccccc2)CCC1=O. The van der Waals surface area contributed by atoms with Crippen LogP contribution in [-0.4, -0.2) is 36.9 Å². The predicted molar refractivity (Wildman–Crippen MR) is 76.2 cm³/mol. The van der Waals surface area contributed by atoms with E-state index in [0.29, 0.717) is 19.5 Å². The second-order valence-electron chi connectivity index (χ2n) is 5.55. The first-order valence-electron chi connectivity index (χ1n) is 6.90. The highest BCUT2D eigenvalue weighted by molar-refractivity contribution is 6.04. The third kappa shape index (κ3) is 2.61. The lowest BCUT2D eigenvalue weighted by atomic mass is 9.80. The van der Waals surface area contributed by atoms with Gasteiger partial charge in [0.25, 0.3) is 0 Å². The topological polar surface area (TPSA) is 46.6 Å². The normalized spacial score (nSPS) is 25.2. The molecule has 1 aliphatic heterocycles. The Kier molecular flexibility index (Phi) is 4.23. The van der Waals surface area contributed by atoms with Gasteiger partial charge in [-0.2, -0.15) is 0 Å². The number of hydrogen-bond donors (Lipinski definition) is 0. The van der Waals surface area contributed by atoms with Crippen molar-refractivity contribution < 1.29 is 14.3 Å². The first kappa shape index (κ1) is 14.7. The van der Waals surface area contributed by atoms with Crippen LogP contribution in [0.25, 0.3) is 0 Å². The quantitative estimate of drug-likeness (QED) is 0.627. The molecule has 108 valence electrons. The number of nitrogens with zero attached hydrogens (tertiary/aromatic N) is 1. The summed E-state index contributed by atoms with van der Waals surface area (Å²) in [7, 11) is 1.33. The van der Waals surface area contributed by atoms with Crippen molar-refractivity contribution in [3.8, 4) is 0 Å². The van der Waals surface area contributed by atoms with Crippen molar-refractivity contribution in [1.29, 1.82) is 0 Å². The number of methoxy groups -OCH3 is 1. The monoisotopic (exact) mass is 275 g/mol. The fraction of sp³-hybridized carbons (Fsp3) is 0.500. The lowest BCUT2D eigenvalue weighted by Crippen LogP contribution is -2.52. The van der Waals surface area contributed by atoms with E-state index in [0.717, 1.165) is 0 Å². The summed E-state index contributed by atoms with van der Waals surface area (Å²) in [5.74, 6) is -0.465. The van der Waals surface area contributed by atoms with Crippen LogP contribution in [0.4, 0.5) is 0 Å². The number of rotatable bonds is 3. The van der Waals surface area contributed by atoms with Crippen molar-refractivity contribution in [3.63, 3.8) is 0 Å². The highest BCUT2D eigenvalue weighted by Crippen LogP contribution is 2.32. The van der Waals surface area contributed by atoms with Crippen molar-refractivity contribution in [1.82, 2.24) is 4.90 Å². The van der Waals surface area contributed by atoms with Gasteiger partial charge in [0.2, 0.25) is 0 Å². The Bertz CT molecular complexity index is 490. The van der Waals surface area contributed by atoms with Gasteiger partial charge in [0.1, 0.15) is 5.41 Å². The van der Waals surface area contributed by atoms with Crippen LogP contribution >= 0.6 is 0 Å². The first-order chi connectivity index (χ1) is 9.49. The van der Waals surface area contributed by atoms with Crippen molar-refractivity contribution in [2.45, 2.75) is 26.3 Å². The zero-order chi connectivity index (χ0) is 14.8. The van der Waals surface area contributed by atoms with Gasteiger partial charge in [0.15, 0.2) is 5.78 Å². The van der Waals surface area contributed by atoms with Crippen LogP contribution in [0.5, 0.6) is 0 Å². The van der Waals surface area contributed by atoms with Gasteiger partial charge in [0, 0.05) is 25.6 Å². The minimum Gasteiger partial charge on any atom is -0.468 e. The molecule has 20 heavy (non-hydrogen) atoms. The van der Waals surface area contributed by atoms with E-state index in [1.165, 1.54) is 12.7 Å². The molecule has 0 aliphatic carbocycles. The number of piperidine rings is 1. The summed E-state index contributed by atoms with van der Waals surface area (Å²) < 4.78 is 4.81. The Hall–Kier alpha value is -1.68. The Labute approximate surface area is 119 Å². The minimum atomic E-state index is -1.05. The third-order valence-electron chi connectivity index (χ3n) is 4.23. The number of likely N-dealkylation sites (tertiary alicyclic amines) is 1. The maximum Gasteiger partial charge on any atom is 0.320 e. The molecule has 1 fully saturated rings. The van der Waals surface area contributed by atoms with Gasteiger partial charge in [-0.3, -0.25) is 14.5 Å². The van der Waals surface area contributed by atoms with Gasteiger partial charge in [-0.25, -0.2) is 0 Å². The van der Waals surface area contributed by atoms with Crippen LogP contribution in [0, 0.1) is 5.41 Å². The Balaban J connectivity index is 2.19. The Morgan fingerprint density at radius 1 is 1.35 bits per heavy atom. The van der Waals surface area contributed by atoms with Crippen molar-refractivity contribution in [3.05, 3.63) is 35.9 Å². The average molecular weight is 275 g/mol. The van der Waals surface area contributed by atoms with Gasteiger partial charge < -0.3 is 4.74 Å². The zero-order valence-corrected chi connectivity index (χ0v) is 12.3. The lowest BCUT2D eigenvalue weighted by Gasteiger charge is -2.40. The highest BCUT2D eigenvalue weighted by Gasteiger charge is 2.46. The van der Waals surface area contributed by atoms with E-state index in [-0.39, 0.29) is 11.8 Å². The van der Waals surface area contributed by atoms with E-state index in [4.69, 9.17) is 4.74 Å². The predicted octanol–water partition coefficient (Wildman–Crippen LogP) is 2.20. The van der Waals surface area contributed by atoms with Crippen molar-refractivity contribution in [2.75, 3.05) is 20.2 Å². The molecule has 2 atom stereocenters. The number of esters is 1. The second kappa shape index (κ2) is 5.75. The van der Waals surface area contributed by atoms with Gasteiger partial charge >= 0.3 is 5.97 Å². The maximum absolute atomic E-state index is 12.1. The standard InChI is InChI=1S/C16H21NO3/c1-12(13-7-5-4-6-8-13)17-10-9-14(18)16(2,11-17)15(19)20-3/h4-8,12H,9-11H2,1-3H3. The van der Waals surface area contributed by atoms with E-state index in [1.807, 2.05) is 18.2 Å². The van der Waals surface area contributed by atoms with Crippen LogP contribution in [0.15, 0.2) is 30.3 Å². The molecule has 2 rings (SSSR count). The number of benzene rings is 1. The van der Waals surface area contributed by atoms with Crippen LogP contribution in [0.2, 0.25) is 0 Å². The summed E-state index contributed by atoms with van der Waals surface area (Å²) in [6.45, 7) is 4.88. The smallest absolute Gasteiger partial charge is 0.320 e. The largest absolute Gasteiger partial charge is 0.468 e. The molecular formula is C16H21NO3. The molecule has 1 aliphatic rings. The molecule has 1 aromatic carbocycles. The van der Waals surface area contributed by atoms with Crippen molar-refractivity contribution in [2.24, 2.45) is 5.41 Å². The zero-order valence-electron chi connectivity index (χ0n) is 12.3. The highest BCUT2D eigenvalue weighted by atomic mass is 16.5. The molecule has 0 aromatic heterocycles. The molecule has 0 spiro atoms. The Morgan fingerprint density at radius 3 is 2.60 bits per heavy atom. The van der Waals surface area contributed by atoms with Gasteiger partial charge in [-0.05, 0) is 19.4 Å². The number of hydrogen-bond acceptors (Lipinski definition) is 4. The molecule has 0 radical (unpaired) electrons. The molecule has 2 unspecified atom stereocenters. The molecule has 0 saturated carbocycles. The first-order valence-corrected chi connectivity index (χ1v) is 6.90. The van der Waals surface area contributed by atoms with E-state index < -0.39 is 11.4 Å². The fourth-order valence-electron chi connectivity index (χ4n) is 2.77. The molecule has 1 saturated heterocycles.